The molecule has 0 aliphatic rings. The van der Waals surface area contributed by atoms with Gasteiger partial charge in [-0.25, -0.2) is 13.6 Å². The fourth-order valence-electron chi connectivity index (χ4n) is 1.33. The summed E-state index contributed by atoms with van der Waals surface area (Å²) in [4.78, 5) is 22.3. The number of amides is 1. The molecule has 0 saturated carbocycles. The van der Waals surface area contributed by atoms with E-state index in [0.717, 1.165) is 18.2 Å². The van der Waals surface area contributed by atoms with Gasteiger partial charge in [0.2, 0.25) is 0 Å². The van der Waals surface area contributed by atoms with Crippen molar-refractivity contribution in [3.05, 3.63) is 35.4 Å². The van der Waals surface area contributed by atoms with Gasteiger partial charge in [0, 0.05) is 13.0 Å². The number of rotatable bonds is 5. The molecule has 1 aromatic carbocycles. The van der Waals surface area contributed by atoms with E-state index in [0.29, 0.717) is 0 Å². The summed E-state index contributed by atoms with van der Waals surface area (Å²) < 4.78 is 26.5. The highest BCUT2D eigenvalue weighted by molar-refractivity contribution is 5.97. The predicted octanol–water partition coefficient (Wildman–Crippen LogP) is 0.530. The van der Waals surface area contributed by atoms with Gasteiger partial charge in [0.05, 0.1) is 0 Å². The van der Waals surface area contributed by atoms with Crippen molar-refractivity contribution in [1.29, 1.82) is 0 Å². The molecule has 1 unspecified atom stereocenters. The number of hydrogen-bond acceptors (Lipinski definition) is 3. The number of aliphatic hydroxyl groups excluding tert-OH is 1. The fraction of sp³-hybridized carbons (Fsp3) is 0.273. The molecule has 7 heteroatoms. The Bertz CT molecular complexity index is 444. The summed E-state index contributed by atoms with van der Waals surface area (Å²) >= 11 is 0. The third kappa shape index (κ3) is 3.24. The summed E-state index contributed by atoms with van der Waals surface area (Å²) in [6, 6.07) is 1.46. The van der Waals surface area contributed by atoms with E-state index in [1.165, 1.54) is 0 Å². The molecule has 0 spiro atoms. The molecule has 0 heterocycles. The van der Waals surface area contributed by atoms with Crippen LogP contribution in [0.5, 0.6) is 0 Å². The molecule has 98 valence electrons. The summed E-state index contributed by atoms with van der Waals surface area (Å²) in [7, 11) is 0. The predicted molar refractivity (Wildman–Crippen MR) is 57.0 cm³/mol. The second-order valence-corrected chi connectivity index (χ2v) is 3.47. The number of hydrogen-bond donors (Lipinski definition) is 3. The lowest BCUT2D eigenvalue weighted by atomic mass is 10.1. The van der Waals surface area contributed by atoms with Gasteiger partial charge in [-0.2, -0.15) is 0 Å². The number of carbonyl (C=O) groups excluding carboxylic acids is 1. The summed E-state index contributed by atoms with van der Waals surface area (Å²) in [5.74, 6) is -4.73. The van der Waals surface area contributed by atoms with Gasteiger partial charge in [0.25, 0.3) is 5.91 Å². The van der Waals surface area contributed by atoms with Crippen molar-refractivity contribution in [3.63, 3.8) is 0 Å². The van der Waals surface area contributed by atoms with Crippen LogP contribution in [0.4, 0.5) is 8.78 Å². The minimum atomic E-state index is -1.40. The summed E-state index contributed by atoms with van der Waals surface area (Å²) in [5, 5.41) is 19.3. The minimum Gasteiger partial charge on any atom is -0.480 e. The molecular formula is C11H11F2NO4. The van der Waals surface area contributed by atoms with Gasteiger partial charge in [0.1, 0.15) is 23.2 Å². The van der Waals surface area contributed by atoms with Gasteiger partial charge in [-0.3, -0.25) is 4.79 Å². The van der Waals surface area contributed by atoms with Crippen molar-refractivity contribution in [1.82, 2.24) is 5.32 Å². The van der Waals surface area contributed by atoms with Gasteiger partial charge in [-0.05, 0) is 12.1 Å². The SMILES string of the molecule is O=C(NC(CCO)C(=O)O)c1c(F)cccc1F. The van der Waals surface area contributed by atoms with Gasteiger partial charge in [-0.15, -0.1) is 0 Å². The molecule has 0 bridgehead atoms. The molecule has 0 saturated heterocycles. The average Bonchev–Trinajstić information content (AvgIpc) is 2.28. The van der Waals surface area contributed by atoms with E-state index in [1.54, 1.807) is 0 Å². The number of carboxylic acid groups (broad SMARTS) is 1. The molecule has 0 aliphatic carbocycles. The van der Waals surface area contributed by atoms with Gasteiger partial charge >= 0.3 is 5.97 Å². The fourth-order valence-corrected chi connectivity index (χ4v) is 1.33. The first kappa shape index (κ1) is 14.0. The molecule has 0 fully saturated rings. The van der Waals surface area contributed by atoms with Gasteiger partial charge < -0.3 is 15.5 Å². The molecule has 1 amide bonds. The Morgan fingerprint density at radius 1 is 1.28 bits per heavy atom. The van der Waals surface area contributed by atoms with Crippen LogP contribution in [0.15, 0.2) is 18.2 Å². The summed E-state index contributed by atoms with van der Waals surface area (Å²) in [5.41, 5.74) is -0.846. The van der Waals surface area contributed by atoms with E-state index in [9.17, 15) is 18.4 Å². The van der Waals surface area contributed by atoms with Crippen LogP contribution in [0, 0.1) is 11.6 Å². The lowest BCUT2D eigenvalue weighted by molar-refractivity contribution is -0.139. The summed E-state index contributed by atoms with van der Waals surface area (Å²) in [6.45, 7) is -0.475. The first-order valence-electron chi connectivity index (χ1n) is 5.06. The van der Waals surface area contributed by atoms with E-state index in [-0.39, 0.29) is 6.42 Å². The quantitative estimate of drug-likeness (QED) is 0.720. The number of carbonyl (C=O) groups is 2. The smallest absolute Gasteiger partial charge is 0.326 e. The number of halogens is 2. The Morgan fingerprint density at radius 2 is 1.83 bits per heavy atom. The van der Waals surface area contributed by atoms with Crippen molar-refractivity contribution in [2.45, 2.75) is 12.5 Å². The Balaban J connectivity index is 2.90. The second kappa shape index (κ2) is 6.06. The molecule has 5 nitrogen and oxygen atoms in total. The number of aliphatic hydroxyl groups is 1. The van der Waals surface area contributed by atoms with Gasteiger partial charge in [0.15, 0.2) is 0 Å². The molecular weight excluding hydrogens is 248 g/mol. The Morgan fingerprint density at radius 3 is 2.28 bits per heavy atom. The topological polar surface area (TPSA) is 86.6 Å². The lowest BCUT2D eigenvalue weighted by Gasteiger charge is -2.13. The van der Waals surface area contributed by atoms with Crippen LogP contribution in [-0.4, -0.2) is 34.7 Å². The van der Waals surface area contributed by atoms with Crippen molar-refractivity contribution < 1.29 is 28.6 Å². The van der Waals surface area contributed by atoms with Crippen LogP contribution in [0.25, 0.3) is 0 Å². The van der Waals surface area contributed by atoms with Crippen LogP contribution < -0.4 is 5.32 Å². The molecule has 1 aromatic rings. The molecule has 3 N–H and O–H groups in total. The van der Waals surface area contributed by atoms with Crippen LogP contribution in [0.3, 0.4) is 0 Å². The highest BCUT2D eigenvalue weighted by Crippen LogP contribution is 2.12. The van der Waals surface area contributed by atoms with E-state index in [1.807, 2.05) is 5.32 Å². The van der Waals surface area contributed by atoms with Crippen molar-refractivity contribution in [2.75, 3.05) is 6.61 Å². The molecule has 0 aromatic heterocycles. The third-order valence-electron chi connectivity index (χ3n) is 2.21. The van der Waals surface area contributed by atoms with E-state index in [4.69, 9.17) is 10.2 Å². The normalized spacial score (nSPS) is 11.9. The zero-order chi connectivity index (χ0) is 13.7. The summed E-state index contributed by atoms with van der Waals surface area (Å²) in [6.07, 6.45) is -0.253. The number of nitrogens with one attached hydrogen (secondary N) is 1. The van der Waals surface area contributed by atoms with E-state index < -0.39 is 41.7 Å². The van der Waals surface area contributed by atoms with Crippen LogP contribution in [0.2, 0.25) is 0 Å². The maximum atomic E-state index is 13.2. The second-order valence-electron chi connectivity index (χ2n) is 3.47. The molecule has 0 aliphatic heterocycles. The maximum Gasteiger partial charge on any atom is 0.326 e. The van der Waals surface area contributed by atoms with Crippen molar-refractivity contribution >= 4 is 11.9 Å². The minimum absolute atomic E-state index is 0.253. The van der Waals surface area contributed by atoms with Gasteiger partial charge in [-0.1, -0.05) is 6.07 Å². The third-order valence-corrected chi connectivity index (χ3v) is 2.21. The van der Waals surface area contributed by atoms with E-state index in [2.05, 4.69) is 0 Å². The largest absolute Gasteiger partial charge is 0.480 e. The number of benzene rings is 1. The first-order chi connectivity index (χ1) is 8.47. The number of aliphatic carboxylic acids is 1. The first-order valence-corrected chi connectivity index (χ1v) is 5.06. The van der Waals surface area contributed by atoms with Crippen LogP contribution >= 0.6 is 0 Å². The van der Waals surface area contributed by atoms with Crippen LogP contribution in [-0.2, 0) is 4.79 Å². The molecule has 0 radical (unpaired) electrons. The molecule has 1 rings (SSSR count). The zero-order valence-electron chi connectivity index (χ0n) is 9.19. The van der Waals surface area contributed by atoms with Crippen molar-refractivity contribution in [2.24, 2.45) is 0 Å². The lowest BCUT2D eigenvalue weighted by Crippen LogP contribution is -2.42. The van der Waals surface area contributed by atoms with Crippen molar-refractivity contribution in [3.8, 4) is 0 Å². The Kier molecular flexibility index (Phi) is 4.73. The highest BCUT2D eigenvalue weighted by atomic mass is 19.1. The molecule has 1 atom stereocenters. The van der Waals surface area contributed by atoms with E-state index >= 15 is 0 Å². The number of carboxylic acids is 1. The standard InChI is InChI=1S/C11H11F2NO4/c12-6-2-1-3-7(13)9(6)10(16)14-8(4-5-15)11(17)18/h1-3,8,15H,4-5H2,(H,14,16)(H,17,18). The monoisotopic (exact) mass is 259 g/mol. The van der Waals surface area contributed by atoms with Crippen LogP contribution in [0.1, 0.15) is 16.8 Å². The average molecular weight is 259 g/mol. The molecule has 18 heavy (non-hydrogen) atoms. The highest BCUT2D eigenvalue weighted by Gasteiger charge is 2.23. The zero-order valence-corrected chi connectivity index (χ0v) is 9.19. The Labute approximate surface area is 101 Å². The maximum absolute atomic E-state index is 13.2. The Hall–Kier alpha value is -2.02.